The molecule has 1 aliphatic rings. The Kier molecular flexibility index (Phi) is 3.25. The molecule has 1 aromatic carbocycles. The fourth-order valence-electron chi connectivity index (χ4n) is 2.23. The first kappa shape index (κ1) is 13.8. The zero-order valence-corrected chi connectivity index (χ0v) is 13.2. The van der Waals surface area contributed by atoms with Gasteiger partial charge in [-0.05, 0) is 26.0 Å². The molecule has 0 spiro atoms. The summed E-state index contributed by atoms with van der Waals surface area (Å²) in [7, 11) is 3.84. The number of nitrogens with zero attached hydrogens (tertiary/aromatic N) is 4. The lowest BCUT2D eigenvalue weighted by molar-refractivity contribution is -0.114. The Morgan fingerprint density at radius 2 is 2.00 bits per heavy atom. The van der Waals surface area contributed by atoms with E-state index in [-0.39, 0.29) is 5.91 Å². The normalized spacial score (nSPS) is 17.4. The molecule has 108 valence electrons. The van der Waals surface area contributed by atoms with Crippen molar-refractivity contribution in [3.05, 3.63) is 35.5 Å². The summed E-state index contributed by atoms with van der Waals surface area (Å²) in [5.74, 6) is -0.113. The van der Waals surface area contributed by atoms with Crippen LogP contribution < -0.4 is 5.01 Å². The number of para-hydroxylation sites is 1. The maximum atomic E-state index is 12.6. The third-order valence-electron chi connectivity index (χ3n) is 3.51. The number of allylic oxidation sites excluding steroid dienone is 1. The molecule has 1 aliphatic heterocycles. The second kappa shape index (κ2) is 4.96. The summed E-state index contributed by atoms with van der Waals surface area (Å²) in [5, 5.41) is 6.40. The number of benzene rings is 1. The van der Waals surface area contributed by atoms with E-state index in [0.717, 1.165) is 21.6 Å². The summed E-state index contributed by atoms with van der Waals surface area (Å²) in [6.45, 7) is 3.78. The van der Waals surface area contributed by atoms with Crippen molar-refractivity contribution in [2.45, 2.75) is 13.8 Å². The number of rotatable bonds is 2. The van der Waals surface area contributed by atoms with Crippen LogP contribution in [-0.4, -0.2) is 35.6 Å². The number of hydrazone groups is 1. The molecule has 0 N–H and O–H groups in total. The number of anilines is 1. The number of thiazole rings is 1. The Balaban J connectivity index is 2.05. The fraction of sp³-hybridized carbons (Fsp3) is 0.267. The van der Waals surface area contributed by atoms with Gasteiger partial charge in [0.25, 0.3) is 5.91 Å². The van der Waals surface area contributed by atoms with Gasteiger partial charge in [-0.1, -0.05) is 23.5 Å². The van der Waals surface area contributed by atoms with Gasteiger partial charge >= 0.3 is 0 Å². The maximum Gasteiger partial charge on any atom is 0.284 e. The number of carbonyl (C=O) groups is 1. The van der Waals surface area contributed by atoms with E-state index in [9.17, 15) is 4.79 Å². The highest BCUT2D eigenvalue weighted by Crippen LogP contribution is 2.32. The van der Waals surface area contributed by atoms with Gasteiger partial charge in [0.15, 0.2) is 0 Å². The van der Waals surface area contributed by atoms with Crippen molar-refractivity contribution in [2.75, 3.05) is 19.1 Å². The molecule has 0 aliphatic carbocycles. The molecular formula is C15H16N4OS. The Labute approximate surface area is 127 Å². The van der Waals surface area contributed by atoms with Crippen molar-refractivity contribution >= 4 is 38.3 Å². The lowest BCUT2D eigenvalue weighted by Crippen LogP contribution is -2.24. The third-order valence-corrected chi connectivity index (χ3v) is 4.53. The summed E-state index contributed by atoms with van der Waals surface area (Å²) in [6, 6.07) is 7.84. The molecule has 1 amide bonds. The lowest BCUT2D eigenvalue weighted by atomic mass is 10.1. The molecule has 6 heteroatoms. The third kappa shape index (κ3) is 2.21. The molecule has 0 unspecified atom stereocenters. The lowest BCUT2D eigenvalue weighted by Gasteiger charge is -2.15. The number of hydrogen-bond donors (Lipinski definition) is 0. The fourth-order valence-corrected chi connectivity index (χ4v) is 3.14. The Morgan fingerprint density at radius 3 is 2.67 bits per heavy atom. The van der Waals surface area contributed by atoms with E-state index >= 15 is 0 Å². The van der Waals surface area contributed by atoms with Gasteiger partial charge in [-0.2, -0.15) is 10.1 Å². The molecule has 5 nitrogen and oxygen atoms in total. The highest BCUT2D eigenvalue weighted by Gasteiger charge is 2.32. The van der Waals surface area contributed by atoms with Gasteiger partial charge in [-0.25, -0.2) is 4.98 Å². The van der Waals surface area contributed by atoms with Crippen LogP contribution in [0.15, 0.2) is 40.6 Å². The van der Waals surface area contributed by atoms with Crippen LogP contribution in [-0.2, 0) is 4.79 Å². The topological polar surface area (TPSA) is 48.8 Å². The molecule has 3 rings (SSSR count). The van der Waals surface area contributed by atoms with E-state index < -0.39 is 0 Å². The van der Waals surface area contributed by atoms with E-state index in [1.807, 2.05) is 57.1 Å². The first-order valence-corrected chi connectivity index (χ1v) is 7.44. The predicted molar refractivity (Wildman–Crippen MR) is 86.6 cm³/mol. The standard InChI is InChI=1S/C15H16N4OS/c1-9-13(10(2)18(3)4)14(20)19(17-9)15-16-11-7-5-6-8-12(11)21-15/h5-8H,1-4H3/b13-10+. The molecule has 1 aromatic heterocycles. The Hall–Kier alpha value is -2.21. The zero-order valence-electron chi connectivity index (χ0n) is 12.4. The zero-order chi connectivity index (χ0) is 15.1. The van der Waals surface area contributed by atoms with Crippen LogP contribution in [0, 0.1) is 0 Å². The van der Waals surface area contributed by atoms with Crippen LogP contribution in [0.4, 0.5) is 5.13 Å². The van der Waals surface area contributed by atoms with Crippen molar-refractivity contribution < 1.29 is 4.79 Å². The predicted octanol–water partition coefficient (Wildman–Crippen LogP) is 2.85. The summed E-state index contributed by atoms with van der Waals surface area (Å²) in [6.07, 6.45) is 0. The van der Waals surface area contributed by atoms with Gasteiger partial charge in [-0.15, -0.1) is 0 Å². The molecule has 0 atom stereocenters. The van der Waals surface area contributed by atoms with Gasteiger partial charge in [0.2, 0.25) is 5.13 Å². The van der Waals surface area contributed by atoms with Crippen molar-refractivity contribution in [3.8, 4) is 0 Å². The molecule has 21 heavy (non-hydrogen) atoms. The van der Waals surface area contributed by atoms with Gasteiger partial charge in [-0.3, -0.25) is 4.79 Å². The quantitative estimate of drug-likeness (QED) is 0.801. The SMILES string of the molecule is CC1=NN(c2nc3ccccc3s2)C(=O)/C1=C(\C)N(C)C. The summed E-state index contributed by atoms with van der Waals surface area (Å²) >= 11 is 1.47. The largest absolute Gasteiger partial charge is 0.380 e. The molecular weight excluding hydrogens is 284 g/mol. The van der Waals surface area contributed by atoms with Gasteiger partial charge in [0, 0.05) is 19.8 Å². The van der Waals surface area contributed by atoms with Crippen LogP contribution >= 0.6 is 11.3 Å². The Morgan fingerprint density at radius 1 is 1.29 bits per heavy atom. The minimum absolute atomic E-state index is 0.113. The minimum atomic E-state index is -0.113. The molecule has 0 bridgehead atoms. The van der Waals surface area contributed by atoms with Crippen molar-refractivity contribution in [2.24, 2.45) is 5.10 Å². The van der Waals surface area contributed by atoms with E-state index in [1.165, 1.54) is 16.3 Å². The second-order valence-corrected chi connectivity index (χ2v) is 6.13. The molecule has 2 heterocycles. The van der Waals surface area contributed by atoms with Crippen molar-refractivity contribution in [1.82, 2.24) is 9.88 Å². The van der Waals surface area contributed by atoms with E-state index in [2.05, 4.69) is 10.1 Å². The number of amides is 1. The van der Waals surface area contributed by atoms with E-state index in [4.69, 9.17) is 0 Å². The van der Waals surface area contributed by atoms with E-state index in [0.29, 0.717) is 10.7 Å². The highest BCUT2D eigenvalue weighted by molar-refractivity contribution is 7.22. The minimum Gasteiger partial charge on any atom is -0.380 e. The first-order valence-electron chi connectivity index (χ1n) is 6.63. The smallest absolute Gasteiger partial charge is 0.284 e. The molecule has 0 saturated carbocycles. The molecule has 2 aromatic rings. The average molecular weight is 300 g/mol. The van der Waals surface area contributed by atoms with Crippen LogP contribution in [0.5, 0.6) is 0 Å². The first-order chi connectivity index (χ1) is 9.99. The van der Waals surface area contributed by atoms with Crippen molar-refractivity contribution in [1.29, 1.82) is 0 Å². The van der Waals surface area contributed by atoms with Crippen LogP contribution in [0.3, 0.4) is 0 Å². The van der Waals surface area contributed by atoms with E-state index in [1.54, 1.807) is 0 Å². The number of carbonyl (C=O) groups excluding carboxylic acids is 1. The summed E-state index contributed by atoms with van der Waals surface area (Å²) in [4.78, 5) is 19.1. The van der Waals surface area contributed by atoms with Crippen LogP contribution in [0.25, 0.3) is 10.2 Å². The summed E-state index contributed by atoms with van der Waals surface area (Å²) in [5.41, 5.74) is 3.18. The number of hydrogen-bond acceptors (Lipinski definition) is 5. The van der Waals surface area contributed by atoms with Gasteiger partial charge < -0.3 is 4.90 Å². The second-order valence-electron chi connectivity index (χ2n) is 5.12. The van der Waals surface area contributed by atoms with Crippen LogP contribution in [0.1, 0.15) is 13.8 Å². The average Bonchev–Trinajstić information content (AvgIpc) is 2.99. The Bertz CT molecular complexity index is 755. The maximum absolute atomic E-state index is 12.6. The van der Waals surface area contributed by atoms with Gasteiger partial charge in [0.05, 0.1) is 21.5 Å². The summed E-state index contributed by atoms with van der Waals surface area (Å²) < 4.78 is 1.05. The molecule has 0 fully saturated rings. The monoisotopic (exact) mass is 300 g/mol. The molecule has 0 saturated heterocycles. The highest BCUT2D eigenvalue weighted by atomic mass is 32.1. The van der Waals surface area contributed by atoms with Gasteiger partial charge in [0.1, 0.15) is 0 Å². The van der Waals surface area contributed by atoms with Crippen molar-refractivity contribution in [3.63, 3.8) is 0 Å². The number of aromatic nitrogens is 1. The van der Waals surface area contributed by atoms with Crippen LogP contribution in [0.2, 0.25) is 0 Å². The number of fused-ring (bicyclic) bond motifs is 1. The molecule has 0 radical (unpaired) electrons.